The van der Waals surface area contributed by atoms with Crippen molar-refractivity contribution in [3.63, 3.8) is 0 Å². The van der Waals surface area contributed by atoms with Crippen LogP contribution in [0, 0.1) is 5.82 Å². The second-order valence-corrected chi connectivity index (χ2v) is 7.52. The Hall–Kier alpha value is -3.65. The number of aromatic nitrogens is 1. The molecule has 0 spiro atoms. The zero-order chi connectivity index (χ0) is 22.0. The number of nitrogens with one attached hydrogen (secondary N) is 1. The zero-order valence-corrected chi connectivity index (χ0v) is 17.0. The molecule has 2 aromatic carbocycles. The molecule has 1 aromatic heterocycles. The third-order valence-corrected chi connectivity index (χ3v) is 4.77. The second-order valence-electron chi connectivity index (χ2n) is 7.52. The minimum Gasteiger partial charge on any atom is -0.454 e. The number of carbonyl (C=O) groups excluding carboxylic acids is 1. The number of hydrogen-bond donors (Lipinski definition) is 2. The van der Waals surface area contributed by atoms with Crippen LogP contribution in [0.4, 0.5) is 4.39 Å². The van der Waals surface area contributed by atoms with Gasteiger partial charge in [0.1, 0.15) is 17.1 Å². The van der Waals surface area contributed by atoms with Gasteiger partial charge in [-0.05, 0) is 49.7 Å². The summed E-state index contributed by atoms with van der Waals surface area (Å²) in [6.45, 7) is 3.26. The van der Waals surface area contributed by atoms with Gasteiger partial charge in [-0.3, -0.25) is 4.79 Å². The summed E-state index contributed by atoms with van der Waals surface area (Å²) in [7, 11) is 0. The molecule has 7 nitrogen and oxygen atoms in total. The first-order chi connectivity index (χ1) is 14.8. The predicted molar refractivity (Wildman–Crippen MR) is 110 cm³/mol. The summed E-state index contributed by atoms with van der Waals surface area (Å²) >= 11 is 0. The van der Waals surface area contributed by atoms with Gasteiger partial charge in [-0.25, -0.2) is 9.37 Å². The molecule has 0 saturated heterocycles. The summed E-state index contributed by atoms with van der Waals surface area (Å²) in [4.78, 5) is 16.9. The molecule has 8 heteroatoms. The van der Waals surface area contributed by atoms with E-state index < -0.39 is 17.3 Å². The number of carbonyl (C=O) groups is 1. The fraction of sp³-hybridized carbons (Fsp3) is 0.217. The third-order valence-electron chi connectivity index (χ3n) is 4.77. The van der Waals surface area contributed by atoms with E-state index in [9.17, 15) is 14.3 Å². The van der Waals surface area contributed by atoms with Crippen molar-refractivity contribution in [2.45, 2.75) is 26.0 Å². The molecule has 0 bridgehead atoms. The maximum absolute atomic E-state index is 14.4. The summed E-state index contributed by atoms with van der Waals surface area (Å²) in [6, 6.07) is 12.7. The van der Waals surface area contributed by atoms with E-state index in [0.29, 0.717) is 28.4 Å². The van der Waals surface area contributed by atoms with E-state index in [1.165, 1.54) is 18.3 Å². The molecule has 1 amide bonds. The monoisotopic (exact) mass is 424 g/mol. The smallest absolute Gasteiger partial charge is 0.257 e. The van der Waals surface area contributed by atoms with Gasteiger partial charge < -0.3 is 24.6 Å². The Kier molecular flexibility index (Phi) is 5.48. The van der Waals surface area contributed by atoms with Gasteiger partial charge in [-0.2, -0.15) is 0 Å². The number of halogens is 1. The number of fused-ring (bicyclic) bond motifs is 1. The highest BCUT2D eigenvalue weighted by Gasteiger charge is 2.20. The van der Waals surface area contributed by atoms with Crippen LogP contribution >= 0.6 is 0 Å². The van der Waals surface area contributed by atoms with Gasteiger partial charge >= 0.3 is 0 Å². The first kappa shape index (κ1) is 20.6. The number of amides is 1. The van der Waals surface area contributed by atoms with Crippen LogP contribution < -0.4 is 19.5 Å². The van der Waals surface area contributed by atoms with Crippen molar-refractivity contribution in [1.82, 2.24) is 10.3 Å². The molecular formula is C23H21FN2O5. The second kappa shape index (κ2) is 8.23. The van der Waals surface area contributed by atoms with Crippen molar-refractivity contribution in [3.05, 3.63) is 77.2 Å². The lowest BCUT2D eigenvalue weighted by Gasteiger charge is -2.18. The van der Waals surface area contributed by atoms with Gasteiger partial charge in [0.05, 0.1) is 5.60 Å². The molecule has 31 heavy (non-hydrogen) atoms. The van der Waals surface area contributed by atoms with Crippen LogP contribution in [0.5, 0.6) is 23.1 Å². The van der Waals surface area contributed by atoms with Crippen LogP contribution in [0.15, 0.2) is 54.7 Å². The van der Waals surface area contributed by atoms with E-state index >= 15 is 0 Å². The summed E-state index contributed by atoms with van der Waals surface area (Å²) in [5, 5.41) is 12.7. The molecule has 2 N–H and O–H groups in total. The average Bonchev–Trinajstić information content (AvgIpc) is 3.20. The fourth-order valence-electron chi connectivity index (χ4n) is 3.04. The fourth-order valence-corrected chi connectivity index (χ4v) is 3.04. The molecule has 0 unspecified atom stereocenters. The van der Waals surface area contributed by atoms with E-state index in [0.717, 1.165) is 0 Å². The summed E-state index contributed by atoms with van der Waals surface area (Å²) in [6.07, 6.45) is 1.51. The first-order valence-electron chi connectivity index (χ1n) is 9.63. The van der Waals surface area contributed by atoms with Gasteiger partial charge in [0.15, 0.2) is 11.5 Å². The van der Waals surface area contributed by atoms with Crippen molar-refractivity contribution in [1.29, 1.82) is 0 Å². The molecule has 2 heterocycles. The summed E-state index contributed by atoms with van der Waals surface area (Å²) in [5.74, 6) is 0.730. The van der Waals surface area contributed by atoms with Crippen molar-refractivity contribution >= 4 is 5.91 Å². The van der Waals surface area contributed by atoms with Crippen LogP contribution in [0.25, 0.3) is 0 Å². The Morgan fingerprint density at radius 2 is 2.00 bits per heavy atom. The van der Waals surface area contributed by atoms with Gasteiger partial charge in [-0.1, -0.05) is 12.1 Å². The quantitative estimate of drug-likeness (QED) is 0.624. The van der Waals surface area contributed by atoms with E-state index in [4.69, 9.17) is 14.2 Å². The van der Waals surface area contributed by atoms with E-state index in [-0.39, 0.29) is 24.8 Å². The number of rotatable bonds is 6. The molecule has 0 fully saturated rings. The molecule has 0 radical (unpaired) electrons. The third kappa shape index (κ3) is 4.59. The number of ether oxygens (including phenoxy) is 3. The molecule has 4 rings (SSSR count). The molecule has 3 aromatic rings. The highest BCUT2D eigenvalue weighted by atomic mass is 19.1. The minimum absolute atomic E-state index is 0.0326. The van der Waals surface area contributed by atoms with Crippen LogP contribution in [-0.2, 0) is 12.1 Å². The van der Waals surface area contributed by atoms with Crippen molar-refractivity contribution in [2.75, 3.05) is 6.79 Å². The van der Waals surface area contributed by atoms with Crippen molar-refractivity contribution in [2.24, 2.45) is 0 Å². The standard InChI is InChI=1S/C23H21FN2O5/c1-23(2,28)15-6-5-14(18(24)10-15)12-26-21(27)17-4-3-9-25-22(17)31-16-7-8-19-20(11-16)30-13-29-19/h3-11,28H,12-13H2,1-2H3,(H,26,27). The lowest BCUT2D eigenvalue weighted by Crippen LogP contribution is -2.24. The van der Waals surface area contributed by atoms with Crippen molar-refractivity contribution < 1.29 is 28.5 Å². The van der Waals surface area contributed by atoms with E-state index in [1.54, 1.807) is 50.2 Å². The molecule has 1 aliphatic heterocycles. The Labute approximate surface area is 178 Å². The SMILES string of the molecule is CC(C)(O)c1ccc(CNC(=O)c2cccnc2Oc2ccc3c(c2)OCO3)c(F)c1. The van der Waals surface area contributed by atoms with Crippen LogP contribution in [0.1, 0.15) is 35.3 Å². The van der Waals surface area contributed by atoms with Crippen LogP contribution in [0.2, 0.25) is 0 Å². The van der Waals surface area contributed by atoms with E-state index in [1.807, 2.05) is 0 Å². The highest BCUT2D eigenvalue weighted by Crippen LogP contribution is 2.36. The topological polar surface area (TPSA) is 89.9 Å². The molecule has 160 valence electrons. The Bertz CT molecular complexity index is 1130. The normalized spacial score (nSPS) is 12.5. The number of benzene rings is 2. The minimum atomic E-state index is -1.15. The van der Waals surface area contributed by atoms with Crippen LogP contribution in [-0.4, -0.2) is 22.8 Å². The summed E-state index contributed by atoms with van der Waals surface area (Å²) in [5.41, 5.74) is -0.205. The Morgan fingerprint density at radius 3 is 2.77 bits per heavy atom. The van der Waals surface area contributed by atoms with Gasteiger partial charge in [0.25, 0.3) is 5.91 Å². The van der Waals surface area contributed by atoms with Crippen molar-refractivity contribution in [3.8, 4) is 23.1 Å². The maximum atomic E-state index is 14.4. The molecule has 0 saturated carbocycles. The molecule has 1 aliphatic rings. The first-order valence-corrected chi connectivity index (χ1v) is 9.63. The maximum Gasteiger partial charge on any atom is 0.257 e. The Morgan fingerprint density at radius 1 is 1.19 bits per heavy atom. The number of hydrogen-bond acceptors (Lipinski definition) is 6. The van der Waals surface area contributed by atoms with Gasteiger partial charge in [0, 0.05) is 24.4 Å². The largest absolute Gasteiger partial charge is 0.454 e. The number of pyridine rings is 1. The van der Waals surface area contributed by atoms with E-state index in [2.05, 4.69) is 10.3 Å². The highest BCUT2D eigenvalue weighted by molar-refractivity contribution is 5.96. The lowest BCUT2D eigenvalue weighted by atomic mass is 9.97. The van der Waals surface area contributed by atoms with Crippen LogP contribution in [0.3, 0.4) is 0 Å². The predicted octanol–water partition coefficient (Wildman–Crippen LogP) is 3.90. The average molecular weight is 424 g/mol. The summed E-state index contributed by atoms with van der Waals surface area (Å²) < 4.78 is 30.8. The zero-order valence-electron chi connectivity index (χ0n) is 17.0. The lowest BCUT2D eigenvalue weighted by molar-refractivity contribution is 0.0781. The molecule has 0 aliphatic carbocycles. The van der Waals surface area contributed by atoms with Gasteiger partial charge in [-0.15, -0.1) is 0 Å². The Balaban J connectivity index is 1.47. The van der Waals surface area contributed by atoms with Gasteiger partial charge in [0.2, 0.25) is 12.7 Å². The number of nitrogens with zero attached hydrogens (tertiary/aromatic N) is 1. The number of aliphatic hydroxyl groups is 1. The molecule has 0 atom stereocenters. The molecular weight excluding hydrogens is 403 g/mol.